The van der Waals surface area contributed by atoms with Crippen LogP contribution >= 0.6 is 11.8 Å². The van der Waals surface area contributed by atoms with Gasteiger partial charge < -0.3 is 20.7 Å². The molecule has 3 atom stereocenters. The first kappa shape index (κ1) is 12.3. The number of aromatic nitrogens is 2. The molecule has 1 aliphatic heterocycles. The van der Waals surface area contributed by atoms with Gasteiger partial charge in [0.2, 0.25) is 0 Å². The lowest BCUT2D eigenvalue weighted by molar-refractivity contribution is -0.0528. The van der Waals surface area contributed by atoms with Gasteiger partial charge in [-0.1, -0.05) is 11.8 Å². The van der Waals surface area contributed by atoms with Crippen molar-refractivity contribution in [3.63, 3.8) is 0 Å². The second-order valence-corrected chi connectivity index (χ2v) is 4.61. The first-order chi connectivity index (χ1) is 8.02. The fraction of sp³-hybridized carbons (Fsp3) is 0.500. The summed E-state index contributed by atoms with van der Waals surface area (Å²) in [5.74, 6) is -1.39. The Morgan fingerprint density at radius 2 is 2.41 bits per heavy atom. The number of halogens is 1. The molecule has 1 fully saturated rings. The smallest absolute Gasteiger partial charge is 0.351 e. The Balaban J connectivity index is 2.35. The first-order valence-corrected chi connectivity index (χ1v) is 5.61. The van der Waals surface area contributed by atoms with E-state index in [9.17, 15) is 14.3 Å². The minimum Gasteiger partial charge on any atom is -0.393 e. The van der Waals surface area contributed by atoms with Crippen LogP contribution in [-0.2, 0) is 4.74 Å². The lowest BCUT2D eigenvalue weighted by Crippen LogP contribution is -2.32. The maximum atomic E-state index is 13.2. The minimum atomic E-state index is -1.09. The molecule has 0 aliphatic carbocycles. The largest absolute Gasteiger partial charge is 0.393 e. The number of nitrogens with two attached hydrogens (primary N) is 1. The van der Waals surface area contributed by atoms with Crippen LogP contribution in [0.1, 0.15) is 6.23 Å². The van der Waals surface area contributed by atoms with E-state index >= 15 is 0 Å². The molecule has 0 amide bonds. The maximum absolute atomic E-state index is 13.2. The SMILES string of the molecule is Nc1nc(=O)n([C@@H]2O[C@H](CO)S[C@H]2O)cc1F. The van der Waals surface area contributed by atoms with Crippen molar-refractivity contribution in [3.05, 3.63) is 22.5 Å². The number of nitrogens with zero attached hydrogens (tertiary/aromatic N) is 2. The van der Waals surface area contributed by atoms with Crippen molar-refractivity contribution in [2.75, 3.05) is 12.3 Å². The number of ether oxygens (including phenoxy) is 1. The lowest BCUT2D eigenvalue weighted by Gasteiger charge is -2.15. The number of aliphatic hydroxyl groups is 2. The minimum absolute atomic E-state index is 0.322. The van der Waals surface area contributed by atoms with Gasteiger partial charge in [0.1, 0.15) is 10.9 Å². The van der Waals surface area contributed by atoms with Crippen molar-refractivity contribution in [1.82, 2.24) is 9.55 Å². The van der Waals surface area contributed by atoms with E-state index in [0.717, 1.165) is 22.5 Å². The highest BCUT2D eigenvalue weighted by Crippen LogP contribution is 2.36. The summed E-state index contributed by atoms with van der Waals surface area (Å²) in [7, 11) is 0. The van der Waals surface area contributed by atoms with Gasteiger partial charge in [0.15, 0.2) is 17.9 Å². The van der Waals surface area contributed by atoms with E-state index in [1.54, 1.807) is 0 Å². The molecule has 1 aromatic rings. The summed E-state index contributed by atoms with van der Waals surface area (Å²) in [6, 6.07) is 0. The third kappa shape index (κ3) is 2.27. The summed E-state index contributed by atoms with van der Waals surface area (Å²) in [4.78, 5) is 14.7. The molecule has 2 rings (SSSR count). The van der Waals surface area contributed by atoms with E-state index in [-0.39, 0.29) is 6.61 Å². The van der Waals surface area contributed by atoms with Gasteiger partial charge in [-0.3, -0.25) is 4.57 Å². The number of hydrogen-bond donors (Lipinski definition) is 3. The van der Waals surface area contributed by atoms with E-state index in [4.69, 9.17) is 15.6 Å². The number of nitrogen functional groups attached to an aromatic ring is 1. The van der Waals surface area contributed by atoms with Crippen LogP contribution in [0.4, 0.5) is 10.2 Å². The number of anilines is 1. The van der Waals surface area contributed by atoms with E-state index in [1.807, 2.05) is 0 Å². The van der Waals surface area contributed by atoms with Crippen molar-refractivity contribution in [3.8, 4) is 0 Å². The molecule has 0 aromatic carbocycles. The summed E-state index contributed by atoms with van der Waals surface area (Å²) in [5, 5.41) is 18.5. The Kier molecular flexibility index (Phi) is 3.33. The third-order valence-electron chi connectivity index (χ3n) is 2.18. The highest BCUT2D eigenvalue weighted by Gasteiger charge is 2.36. The molecule has 0 spiro atoms. The molecule has 0 unspecified atom stereocenters. The summed E-state index contributed by atoms with van der Waals surface area (Å²) in [6.45, 7) is -0.322. The van der Waals surface area contributed by atoms with Crippen LogP contribution in [0, 0.1) is 5.82 Å². The molecule has 1 aromatic heterocycles. The third-order valence-corrected chi connectivity index (χ3v) is 3.26. The van der Waals surface area contributed by atoms with Crippen molar-refractivity contribution < 1.29 is 19.3 Å². The molecule has 7 nitrogen and oxygen atoms in total. The molecule has 0 radical (unpaired) electrons. The van der Waals surface area contributed by atoms with Gasteiger partial charge in [-0.15, -0.1) is 0 Å². The van der Waals surface area contributed by atoms with Gasteiger partial charge in [-0.2, -0.15) is 4.98 Å². The maximum Gasteiger partial charge on any atom is 0.351 e. The molecule has 17 heavy (non-hydrogen) atoms. The summed E-state index contributed by atoms with van der Waals surface area (Å²) >= 11 is 0.929. The van der Waals surface area contributed by atoms with Gasteiger partial charge in [-0.05, 0) is 0 Å². The molecule has 94 valence electrons. The topological polar surface area (TPSA) is 111 Å². The van der Waals surface area contributed by atoms with Crippen molar-refractivity contribution >= 4 is 17.6 Å². The zero-order chi connectivity index (χ0) is 12.6. The van der Waals surface area contributed by atoms with E-state index in [1.165, 1.54) is 0 Å². The Morgan fingerprint density at radius 1 is 1.71 bits per heavy atom. The standard InChI is InChI=1S/C8H10FN3O4S/c9-3-1-12(8(15)11-5(3)10)6-7(14)17-4(2-13)16-6/h1,4,6-7,13-14H,2H2,(H2,10,11,15)/t4-,6+,7+/m0/s1. The van der Waals surface area contributed by atoms with Crippen molar-refractivity contribution in [2.45, 2.75) is 17.1 Å². The number of hydrogen-bond acceptors (Lipinski definition) is 7. The van der Waals surface area contributed by atoms with Crippen LogP contribution in [0.25, 0.3) is 0 Å². The highest BCUT2D eigenvalue weighted by molar-refractivity contribution is 8.00. The van der Waals surface area contributed by atoms with Gasteiger partial charge in [0.25, 0.3) is 0 Å². The second-order valence-electron chi connectivity index (χ2n) is 3.33. The molecule has 1 saturated heterocycles. The molecule has 1 aliphatic rings. The van der Waals surface area contributed by atoms with Gasteiger partial charge >= 0.3 is 5.69 Å². The predicted octanol–water partition coefficient (Wildman–Crippen LogP) is -1.14. The summed E-state index contributed by atoms with van der Waals surface area (Å²) < 4.78 is 19.1. The van der Waals surface area contributed by atoms with E-state index in [0.29, 0.717) is 0 Å². The zero-order valence-electron chi connectivity index (χ0n) is 8.49. The summed E-state index contributed by atoms with van der Waals surface area (Å²) in [6.07, 6.45) is -0.272. The Morgan fingerprint density at radius 3 is 3.00 bits per heavy atom. The molecule has 0 saturated carbocycles. The molecular weight excluding hydrogens is 253 g/mol. The zero-order valence-corrected chi connectivity index (χ0v) is 9.30. The van der Waals surface area contributed by atoms with E-state index < -0.39 is 34.4 Å². The predicted molar refractivity (Wildman–Crippen MR) is 57.5 cm³/mol. The summed E-state index contributed by atoms with van der Waals surface area (Å²) in [5.41, 5.74) is 2.55. The van der Waals surface area contributed by atoms with Crippen LogP contribution in [0.5, 0.6) is 0 Å². The number of thioether (sulfide) groups is 1. The van der Waals surface area contributed by atoms with Gasteiger partial charge in [-0.25, -0.2) is 9.18 Å². The van der Waals surface area contributed by atoms with Gasteiger partial charge in [0, 0.05) is 0 Å². The average Bonchev–Trinajstić information content (AvgIpc) is 2.65. The van der Waals surface area contributed by atoms with Crippen LogP contribution in [0.3, 0.4) is 0 Å². The quantitative estimate of drug-likeness (QED) is 0.618. The lowest BCUT2D eigenvalue weighted by atomic mass is 10.5. The van der Waals surface area contributed by atoms with Crippen LogP contribution in [0.2, 0.25) is 0 Å². The fourth-order valence-corrected chi connectivity index (χ4v) is 2.31. The Bertz CT molecular complexity index is 482. The molecular formula is C8H10FN3O4S. The molecule has 4 N–H and O–H groups in total. The molecule has 2 heterocycles. The normalized spacial score (nSPS) is 28.5. The molecule has 0 bridgehead atoms. The number of aliphatic hydroxyl groups excluding tert-OH is 2. The second kappa shape index (κ2) is 4.61. The Hall–Kier alpha value is -1.16. The average molecular weight is 263 g/mol. The van der Waals surface area contributed by atoms with Gasteiger partial charge in [0.05, 0.1) is 12.8 Å². The monoisotopic (exact) mass is 263 g/mol. The highest BCUT2D eigenvalue weighted by atomic mass is 32.2. The molecule has 9 heteroatoms. The van der Waals surface area contributed by atoms with Crippen LogP contribution in [-0.4, -0.2) is 37.2 Å². The van der Waals surface area contributed by atoms with Crippen molar-refractivity contribution in [2.24, 2.45) is 0 Å². The number of rotatable bonds is 2. The first-order valence-electron chi connectivity index (χ1n) is 4.67. The van der Waals surface area contributed by atoms with Crippen LogP contribution in [0.15, 0.2) is 11.0 Å². The fourth-order valence-electron chi connectivity index (χ4n) is 1.41. The van der Waals surface area contributed by atoms with Crippen LogP contribution < -0.4 is 11.4 Å². The van der Waals surface area contributed by atoms with E-state index in [2.05, 4.69) is 4.98 Å². The van der Waals surface area contributed by atoms with Crippen molar-refractivity contribution in [1.29, 1.82) is 0 Å². The Labute approximate surface area is 99.0 Å².